The van der Waals surface area contributed by atoms with E-state index in [0.29, 0.717) is 0 Å². The topological polar surface area (TPSA) is 33.6 Å². The smallest absolute Gasteiger partial charge is 0.151 e. The summed E-state index contributed by atoms with van der Waals surface area (Å²) >= 11 is 0. The van der Waals surface area contributed by atoms with Gasteiger partial charge < -0.3 is 4.74 Å². The van der Waals surface area contributed by atoms with Crippen LogP contribution in [-0.2, 0) is 0 Å². The molecule has 0 aliphatic heterocycles. The maximum absolute atomic E-state index is 13.4. The van der Waals surface area contributed by atoms with E-state index in [0.717, 1.165) is 30.4 Å². The molecule has 0 radical (unpaired) electrons. The maximum atomic E-state index is 13.4. The van der Waals surface area contributed by atoms with E-state index in [2.05, 4.69) is 17.5 Å². The zero-order chi connectivity index (χ0) is 17.2. The standard InChI is InChI=1S/C19H22F2N2O/c1-2-3-4-5-12-24-17-9-6-15(7-10-17)14-22-23-19-11-8-16(20)13-18(19)21/h6-11,13-14,23H,2-5,12H2,1H3. The first-order valence-corrected chi connectivity index (χ1v) is 8.16. The number of ether oxygens (including phenoxy) is 1. The number of unbranched alkanes of at least 4 members (excludes halogenated alkanes) is 3. The van der Waals surface area contributed by atoms with E-state index in [4.69, 9.17) is 4.74 Å². The van der Waals surface area contributed by atoms with Crippen LogP contribution in [0, 0.1) is 11.6 Å². The molecule has 24 heavy (non-hydrogen) atoms. The van der Waals surface area contributed by atoms with Crippen LogP contribution in [0.2, 0.25) is 0 Å². The van der Waals surface area contributed by atoms with E-state index in [1.807, 2.05) is 24.3 Å². The number of nitrogens with zero attached hydrogens (tertiary/aromatic N) is 1. The van der Waals surface area contributed by atoms with Gasteiger partial charge in [0.05, 0.1) is 18.5 Å². The molecule has 0 unspecified atom stereocenters. The Morgan fingerprint density at radius 1 is 1.04 bits per heavy atom. The Morgan fingerprint density at radius 2 is 1.83 bits per heavy atom. The summed E-state index contributed by atoms with van der Waals surface area (Å²) in [5, 5.41) is 3.95. The van der Waals surface area contributed by atoms with Gasteiger partial charge in [0.25, 0.3) is 0 Å². The first-order chi connectivity index (χ1) is 11.7. The van der Waals surface area contributed by atoms with Gasteiger partial charge in [0.2, 0.25) is 0 Å². The lowest BCUT2D eigenvalue weighted by molar-refractivity contribution is 0.305. The van der Waals surface area contributed by atoms with Crippen LogP contribution in [-0.4, -0.2) is 12.8 Å². The average Bonchev–Trinajstić information content (AvgIpc) is 2.58. The third kappa shape index (κ3) is 5.99. The highest BCUT2D eigenvalue weighted by Crippen LogP contribution is 2.15. The van der Waals surface area contributed by atoms with Crippen LogP contribution in [0.5, 0.6) is 5.75 Å². The highest BCUT2D eigenvalue weighted by atomic mass is 19.1. The molecule has 5 heteroatoms. The Hall–Kier alpha value is -2.43. The average molecular weight is 332 g/mol. The number of benzene rings is 2. The number of hydrogen-bond acceptors (Lipinski definition) is 3. The van der Waals surface area contributed by atoms with Gasteiger partial charge in [-0.05, 0) is 48.4 Å². The van der Waals surface area contributed by atoms with Crippen molar-refractivity contribution in [2.45, 2.75) is 32.6 Å². The minimum Gasteiger partial charge on any atom is -0.494 e. The summed E-state index contributed by atoms with van der Waals surface area (Å²) in [4.78, 5) is 0. The summed E-state index contributed by atoms with van der Waals surface area (Å²) in [6.45, 7) is 2.90. The minimum absolute atomic E-state index is 0.125. The minimum atomic E-state index is -0.682. The van der Waals surface area contributed by atoms with Gasteiger partial charge in [0.15, 0.2) is 5.82 Å². The van der Waals surface area contributed by atoms with Gasteiger partial charge in [-0.3, -0.25) is 5.43 Å². The number of nitrogens with one attached hydrogen (secondary N) is 1. The maximum Gasteiger partial charge on any atom is 0.151 e. The number of hydrogen-bond donors (Lipinski definition) is 1. The lowest BCUT2D eigenvalue weighted by Gasteiger charge is -2.06. The molecule has 128 valence electrons. The Balaban J connectivity index is 1.80. The molecule has 0 heterocycles. The fourth-order valence-electron chi connectivity index (χ4n) is 2.13. The predicted octanol–water partition coefficient (Wildman–Crippen LogP) is 5.37. The van der Waals surface area contributed by atoms with E-state index in [1.165, 1.54) is 31.4 Å². The molecule has 3 nitrogen and oxygen atoms in total. The van der Waals surface area contributed by atoms with E-state index < -0.39 is 11.6 Å². The molecule has 0 spiro atoms. The van der Waals surface area contributed by atoms with Crippen molar-refractivity contribution in [2.24, 2.45) is 5.10 Å². The van der Waals surface area contributed by atoms with E-state index in [-0.39, 0.29) is 5.69 Å². The molecule has 0 aliphatic rings. The van der Waals surface area contributed by atoms with Crippen molar-refractivity contribution in [2.75, 3.05) is 12.0 Å². The van der Waals surface area contributed by atoms with Gasteiger partial charge in [0.1, 0.15) is 11.6 Å². The Labute approximate surface area is 141 Å². The molecule has 1 N–H and O–H groups in total. The molecule has 2 rings (SSSR count). The molecule has 2 aromatic rings. The Morgan fingerprint density at radius 3 is 2.54 bits per heavy atom. The van der Waals surface area contributed by atoms with Crippen molar-refractivity contribution in [3.8, 4) is 5.75 Å². The normalized spacial score (nSPS) is 11.0. The molecule has 0 bridgehead atoms. The monoisotopic (exact) mass is 332 g/mol. The van der Waals surface area contributed by atoms with Crippen LogP contribution in [0.15, 0.2) is 47.6 Å². The van der Waals surface area contributed by atoms with Crippen molar-refractivity contribution in [1.29, 1.82) is 0 Å². The molecule has 0 aliphatic carbocycles. The molecule has 0 fully saturated rings. The predicted molar refractivity (Wildman–Crippen MR) is 93.7 cm³/mol. The van der Waals surface area contributed by atoms with Crippen molar-refractivity contribution < 1.29 is 13.5 Å². The highest BCUT2D eigenvalue weighted by Gasteiger charge is 2.01. The second-order valence-electron chi connectivity index (χ2n) is 5.47. The van der Waals surface area contributed by atoms with Crippen molar-refractivity contribution in [3.63, 3.8) is 0 Å². The number of halogens is 2. The fraction of sp³-hybridized carbons (Fsp3) is 0.316. The van der Waals surface area contributed by atoms with Gasteiger partial charge in [-0.1, -0.05) is 26.2 Å². The Kier molecular flexibility index (Phi) is 7.21. The van der Waals surface area contributed by atoms with Crippen LogP contribution in [0.1, 0.15) is 38.2 Å². The lowest BCUT2D eigenvalue weighted by Crippen LogP contribution is -1.97. The van der Waals surface area contributed by atoms with Gasteiger partial charge >= 0.3 is 0 Å². The summed E-state index contributed by atoms with van der Waals surface area (Å²) in [6, 6.07) is 10.8. The summed E-state index contributed by atoms with van der Waals surface area (Å²) in [6.07, 6.45) is 6.26. The van der Waals surface area contributed by atoms with Crippen LogP contribution >= 0.6 is 0 Å². The van der Waals surface area contributed by atoms with Gasteiger partial charge in [-0.25, -0.2) is 8.78 Å². The SMILES string of the molecule is CCCCCCOc1ccc(C=NNc2ccc(F)cc2F)cc1. The van der Waals surface area contributed by atoms with Crippen LogP contribution < -0.4 is 10.2 Å². The van der Waals surface area contributed by atoms with E-state index >= 15 is 0 Å². The number of rotatable bonds is 9. The summed E-state index contributed by atoms with van der Waals surface area (Å²) in [5.74, 6) is -0.479. The number of hydrazone groups is 1. The zero-order valence-corrected chi connectivity index (χ0v) is 13.8. The second kappa shape index (κ2) is 9.65. The summed E-state index contributed by atoms with van der Waals surface area (Å²) in [7, 11) is 0. The van der Waals surface area contributed by atoms with Gasteiger partial charge in [-0.2, -0.15) is 5.10 Å². The van der Waals surface area contributed by atoms with Crippen LogP contribution in [0.25, 0.3) is 0 Å². The molecule has 0 saturated carbocycles. The highest BCUT2D eigenvalue weighted by molar-refractivity contribution is 5.80. The van der Waals surface area contributed by atoms with Crippen molar-refractivity contribution in [1.82, 2.24) is 0 Å². The molecular formula is C19H22F2N2O. The summed E-state index contributed by atoms with van der Waals surface area (Å²) < 4.78 is 31.9. The quantitative estimate of drug-likeness (QED) is 0.380. The number of anilines is 1. The second-order valence-corrected chi connectivity index (χ2v) is 5.47. The molecule has 2 aromatic carbocycles. The molecule has 0 saturated heterocycles. The van der Waals surface area contributed by atoms with E-state index in [9.17, 15) is 8.78 Å². The van der Waals surface area contributed by atoms with Gasteiger partial charge in [-0.15, -0.1) is 0 Å². The van der Waals surface area contributed by atoms with Crippen molar-refractivity contribution in [3.05, 3.63) is 59.7 Å². The third-order valence-corrected chi connectivity index (χ3v) is 3.48. The largest absolute Gasteiger partial charge is 0.494 e. The van der Waals surface area contributed by atoms with E-state index in [1.54, 1.807) is 6.21 Å². The van der Waals surface area contributed by atoms with Gasteiger partial charge in [0, 0.05) is 6.07 Å². The third-order valence-electron chi connectivity index (χ3n) is 3.48. The van der Waals surface area contributed by atoms with Crippen molar-refractivity contribution >= 4 is 11.9 Å². The van der Waals surface area contributed by atoms with Crippen LogP contribution in [0.3, 0.4) is 0 Å². The lowest BCUT2D eigenvalue weighted by atomic mass is 10.2. The molecule has 0 atom stereocenters. The molecule has 0 aromatic heterocycles. The molecule has 0 amide bonds. The zero-order valence-electron chi connectivity index (χ0n) is 13.8. The first-order valence-electron chi connectivity index (χ1n) is 8.16. The molecular weight excluding hydrogens is 310 g/mol. The summed E-state index contributed by atoms with van der Waals surface area (Å²) in [5.41, 5.74) is 3.53. The first kappa shape index (κ1) is 17.9. The fourth-order valence-corrected chi connectivity index (χ4v) is 2.13. The van der Waals surface area contributed by atoms with Crippen LogP contribution in [0.4, 0.5) is 14.5 Å². The Bertz CT molecular complexity index is 657.